The van der Waals surface area contributed by atoms with Gasteiger partial charge < -0.3 is 0 Å². The van der Waals surface area contributed by atoms with Gasteiger partial charge in [-0.25, -0.2) is 0 Å². The van der Waals surface area contributed by atoms with E-state index in [1.165, 1.54) is 5.56 Å². The molecule has 1 aromatic rings. The van der Waals surface area contributed by atoms with Gasteiger partial charge in [0.05, 0.1) is 0 Å². The van der Waals surface area contributed by atoms with Gasteiger partial charge >= 0.3 is 0 Å². The van der Waals surface area contributed by atoms with Gasteiger partial charge in [0, 0.05) is 10.8 Å². The van der Waals surface area contributed by atoms with Crippen LogP contribution in [0, 0.1) is 18.3 Å². The van der Waals surface area contributed by atoms with Crippen molar-refractivity contribution in [2.45, 2.75) is 19.3 Å². The Morgan fingerprint density at radius 3 is 2.50 bits per heavy atom. The highest BCUT2D eigenvalue weighted by Crippen LogP contribution is 2.28. The van der Waals surface area contributed by atoms with E-state index in [0.717, 1.165) is 10.8 Å². The number of halogens is 1. The largest absolute Gasteiger partial charge is 0.120 e. The second-order valence-electron chi connectivity index (χ2n) is 3.56. The highest BCUT2D eigenvalue weighted by atomic mass is 127. The number of benzene rings is 1. The zero-order valence-electron chi connectivity index (χ0n) is 8.41. The third-order valence-electron chi connectivity index (χ3n) is 2.50. The van der Waals surface area contributed by atoms with Gasteiger partial charge in [-0.05, 0) is 17.4 Å². The van der Waals surface area contributed by atoms with E-state index in [-0.39, 0.29) is 0 Å². The van der Waals surface area contributed by atoms with Gasteiger partial charge in [0.1, 0.15) is 0 Å². The summed E-state index contributed by atoms with van der Waals surface area (Å²) in [6.07, 6.45) is 6.25. The van der Waals surface area contributed by atoms with Crippen molar-refractivity contribution in [1.82, 2.24) is 0 Å². The summed E-state index contributed by atoms with van der Waals surface area (Å²) in [6.45, 7) is 2.27. The van der Waals surface area contributed by atoms with Gasteiger partial charge in [0.25, 0.3) is 0 Å². The standard InChI is InChI=1S/C13H15I/c1-3-7-13(11(2)10-14)12-8-5-4-6-9-12/h1,4-6,8-9,11,13H,7,10H2,2H3/t11-,13+/m1/s1. The van der Waals surface area contributed by atoms with Crippen molar-refractivity contribution >= 4 is 22.6 Å². The SMILES string of the molecule is C#CC[C@H](c1ccccc1)[C@H](C)CI. The van der Waals surface area contributed by atoms with Crippen LogP contribution in [-0.2, 0) is 0 Å². The molecule has 0 fully saturated rings. The average Bonchev–Trinajstić information content (AvgIpc) is 2.26. The number of rotatable bonds is 4. The fourth-order valence-corrected chi connectivity index (χ4v) is 2.20. The van der Waals surface area contributed by atoms with Crippen molar-refractivity contribution in [1.29, 1.82) is 0 Å². The summed E-state index contributed by atoms with van der Waals surface area (Å²) >= 11 is 2.43. The third kappa shape index (κ3) is 3.02. The van der Waals surface area contributed by atoms with E-state index in [2.05, 4.69) is 59.7 Å². The molecule has 2 atom stereocenters. The van der Waals surface area contributed by atoms with Crippen LogP contribution in [0.1, 0.15) is 24.8 Å². The molecule has 1 heteroatoms. The fourth-order valence-electron chi connectivity index (χ4n) is 1.58. The van der Waals surface area contributed by atoms with Crippen LogP contribution < -0.4 is 0 Å². The van der Waals surface area contributed by atoms with Crippen LogP contribution in [0.2, 0.25) is 0 Å². The van der Waals surface area contributed by atoms with Gasteiger partial charge in [-0.1, -0.05) is 59.8 Å². The lowest BCUT2D eigenvalue weighted by Gasteiger charge is -2.20. The minimum atomic E-state index is 0.512. The monoisotopic (exact) mass is 298 g/mol. The highest BCUT2D eigenvalue weighted by Gasteiger charge is 2.16. The van der Waals surface area contributed by atoms with Gasteiger partial charge in [0.15, 0.2) is 0 Å². The fraction of sp³-hybridized carbons (Fsp3) is 0.385. The molecule has 0 N–H and O–H groups in total. The Hall–Kier alpha value is -0.490. The van der Waals surface area contributed by atoms with Crippen LogP contribution in [0.5, 0.6) is 0 Å². The quantitative estimate of drug-likeness (QED) is 0.450. The van der Waals surface area contributed by atoms with Crippen molar-refractivity contribution in [3.8, 4) is 12.3 Å². The molecule has 0 saturated carbocycles. The minimum Gasteiger partial charge on any atom is -0.120 e. The number of alkyl halides is 1. The summed E-state index contributed by atoms with van der Waals surface area (Å²) in [4.78, 5) is 0. The molecule has 1 aromatic carbocycles. The second-order valence-corrected chi connectivity index (χ2v) is 4.44. The average molecular weight is 298 g/mol. The molecular formula is C13H15I. The topological polar surface area (TPSA) is 0 Å². The number of hydrogen-bond donors (Lipinski definition) is 0. The molecular weight excluding hydrogens is 283 g/mol. The lowest BCUT2D eigenvalue weighted by atomic mass is 9.86. The molecule has 0 heterocycles. The summed E-state index contributed by atoms with van der Waals surface area (Å²) in [5.74, 6) is 3.94. The van der Waals surface area contributed by atoms with E-state index in [0.29, 0.717) is 11.8 Å². The molecule has 0 amide bonds. The first kappa shape index (κ1) is 11.6. The smallest absolute Gasteiger partial charge is 0.0158 e. The summed E-state index contributed by atoms with van der Waals surface area (Å²) in [5.41, 5.74) is 1.37. The van der Waals surface area contributed by atoms with Gasteiger partial charge in [0.2, 0.25) is 0 Å². The normalized spacial score (nSPS) is 14.4. The molecule has 0 bridgehead atoms. The lowest BCUT2D eigenvalue weighted by Crippen LogP contribution is -2.10. The maximum absolute atomic E-state index is 5.41. The molecule has 0 aromatic heterocycles. The van der Waals surface area contributed by atoms with Crippen LogP contribution in [-0.4, -0.2) is 4.43 Å². The Kier molecular flexibility index (Phi) is 5.03. The summed E-state index contributed by atoms with van der Waals surface area (Å²) in [5, 5.41) is 0. The van der Waals surface area contributed by atoms with Gasteiger partial charge in [-0.15, -0.1) is 12.3 Å². The van der Waals surface area contributed by atoms with E-state index in [4.69, 9.17) is 6.42 Å². The molecule has 0 saturated heterocycles. The molecule has 0 unspecified atom stereocenters. The maximum Gasteiger partial charge on any atom is 0.0158 e. The second kappa shape index (κ2) is 6.08. The Labute approximate surface area is 100 Å². The Bertz CT molecular complexity index is 297. The van der Waals surface area contributed by atoms with Crippen molar-refractivity contribution in [2.75, 3.05) is 4.43 Å². The van der Waals surface area contributed by atoms with Gasteiger partial charge in [-0.2, -0.15) is 0 Å². The summed E-state index contributed by atoms with van der Waals surface area (Å²) in [7, 11) is 0. The van der Waals surface area contributed by atoms with E-state index in [1.54, 1.807) is 0 Å². The molecule has 0 radical (unpaired) electrons. The zero-order valence-corrected chi connectivity index (χ0v) is 10.6. The molecule has 74 valence electrons. The molecule has 0 spiro atoms. The molecule has 0 aliphatic carbocycles. The van der Waals surface area contributed by atoms with Crippen molar-refractivity contribution in [3.05, 3.63) is 35.9 Å². The lowest BCUT2D eigenvalue weighted by molar-refractivity contribution is 0.522. The van der Waals surface area contributed by atoms with E-state index in [9.17, 15) is 0 Å². The van der Waals surface area contributed by atoms with E-state index >= 15 is 0 Å². The first-order chi connectivity index (χ1) is 6.79. The van der Waals surface area contributed by atoms with Crippen LogP contribution in [0.15, 0.2) is 30.3 Å². The molecule has 1 rings (SSSR count). The van der Waals surface area contributed by atoms with Gasteiger partial charge in [-0.3, -0.25) is 0 Å². The van der Waals surface area contributed by atoms with Crippen molar-refractivity contribution in [3.63, 3.8) is 0 Å². The first-order valence-corrected chi connectivity index (χ1v) is 6.36. The molecule has 0 aliphatic rings. The highest BCUT2D eigenvalue weighted by molar-refractivity contribution is 14.1. The molecule has 14 heavy (non-hydrogen) atoms. The number of terminal acetylenes is 1. The summed E-state index contributed by atoms with van der Waals surface area (Å²) in [6, 6.07) is 10.6. The first-order valence-electron chi connectivity index (χ1n) is 4.84. The van der Waals surface area contributed by atoms with Crippen LogP contribution >= 0.6 is 22.6 Å². The predicted molar refractivity (Wildman–Crippen MR) is 70.7 cm³/mol. The van der Waals surface area contributed by atoms with E-state index < -0.39 is 0 Å². The molecule has 0 nitrogen and oxygen atoms in total. The Morgan fingerprint density at radius 2 is 2.00 bits per heavy atom. The Morgan fingerprint density at radius 1 is 1.36 bits per heavy atom. The van der Waals surface area contributed by atoms with Crippen molar-refractivity contribution in [2.24, 2.45) is 5.92 Å². The molecule has 0 aliphatic heterocycles. The third-order valence-corrected chi connectivity index (χ3v) is 3.89. The minimum absolute atomic E-state index is 0.512. The zero-order chi connectivity index (χ0) is 10.4. The van der Waals surface area contributed by atoms with Crippen molar-refractivity contribution < 1.29 is 0 Å². The maximum atomic E-state index is 5.41. The number of hydrogen-bond acceptors (Lipinski definition) is 0. The van der Waals surface area contributed by atoms with E-state index in [1.807, 2.05) is 6.07 Å². The van der Waals surface area contributed by atoms with Crippen LogP contribution in [0.25, 0.3) is 0 Å². The summed E-state index contributed by atoms with van der Waals surface area (Å²) < 4.78 is 1.15. The van der Waals surface area contributed by atoms with Crippen LogP contribution in [0.4, 0.5) is 0 Å². The van der Waals surface area contributed by atoms with Crippen LogP contribution in [0.3, 0.4) is 0 Å². The Balaban J connectivity index is 2.84. The predicted octanol–water partition coefficient (Wildman–Crippen LogP) is 3.86.